The highest BCUT2D eigenvalue weighted by molar-refractivity contribution is 7.99. The van der Waals surface area contributed by atoms with Crippen LogP contribution in [0.25, 0.3) is 0 Å². The van der Waals surface area contributed by atoms with Crippen molar-refractivity contribution in [2.75, 3.05) is 22.6 Å². The Morgan fingerprint density at radius 2 is 1.51 bits per heavy atom. The molecular weight excluding hydrogens is 538 g/mol. The van der Waals surface area contributed by atoms with Crippen molar-refractivity contribution in [1.82, 2.24) is 15.2 Å². The number of hydrogen-bond donors (Lipinski definition) is 2. The Morgan fingerprint density at radius 1 is 0.878 bits per heavy atom. The van der Waals surface area contributed by atoms with E-state index in [4.69, 9.17) is 4.74 Å². The minimum atomic E-state index is -0.833. The fourth-order valence-electron chi connectivity index (χ4n) is 4.43. The van der Waals surface area contributed by atoms with Crippen molar-refractivity contribution >= 4 is 41.2 Å². The van der Waals surface area contributed by atoms with E-state index in [-0.39, 0.29) is 19.2 Å². The van der Waals surface area contributed by atoms with E-state index in [9.17, 15) is 14.4 Å². The van der Waals surface area contributed by atoms with Gasteiger partial charge in [-0.25, -0.2) is 9.59 Å². The van der Waals surface area contributed by atoms with Gasteiger partial charge in [0.25, 0.3) is 5.91 Å². The number of aromatic nitrogens is 1. The summed E-state index contributed by atoms with van der Waals surface area (Å²) in [6.07, 6.45) is 2.72. The van der Waals surface area contributed by atoms with Crippen LogP contribution in [0.15, 0.2) is 116 Å². The predicted molar refractivity (Wildman–Crippen MR) is 159 cm³/mol. The molecule has 0 radical (unpaired) electrons. The minimum absolute atomic E-state index is 0.0778. The first-order valence-corrected chi connectivity index (χ1v) is 14.1. The zero-order valence-electron chi connectivity index (χ0n) is 22.1. The van der Waals surface area contributed by atoms with Crippen molar-refractivity contribution in [3.8, 4) is 0 Å². The van der Waals surface area contributed by atoms with Gasteiger partial charge < -0.3 is 15.4 Å². The average molecular weight is 568 g/mol. The molecule has 0 saturated carbocycles. The van der Waals surface area contributed by atoms with Crippen LogP contribution in [0.3, 0.4) is 0 Å². The highest BCUT2D eigenvalue weighted by atomic mass is 32.2. The van der Waals surface area contributed by atoms with E-state index in [0.29, 0.717) is 17.1 Å². The van der Waals surface area contributed by atoms with Gasteiger partial charge in [-0.05, 0) is 47.5 Å². The van der Waals surface area contributed by atoms with Crippen LogP contribution in [-0.2, 0) is 16.1 Å². The maximum Gasteiger partial charge on any atom is 0.412 e. The number of carbonyl (C=O) groups is 3. The predicted octanol–water partition coefficient (Wildman–Crippen LogP) is 5.65. The lowest BCUT2D eigenvalue weighted by Gasteiger charge is -2.32. The van der Waals surface area contributed by atoms with Gasteiger partial charge in [0.1, 0.15) is 18.0 Å². The number of hydrogen-bond acceptors (Lipinski definition) is 6. The first kappa shape index (κ1) is 27.7. The molecule has 41 heavy (non-hydrogen) atoms. The van der Waals surface area contributed by atoms with Gasteiger partial charge in [-0.15, -0.1) is 11.8 Å². The molecule has 5 rings (SSSR count). The number of nitrogens with zero attached hydrogens (tertiary/aromatic N) is 3. The van der Waals surface area contributed by atoms with E-state index in [1.165, 1.54) is 21.6 Å². The minimum Gasteiger partial charge on any atom is -0.444 e. The lowest BCUT2D eigenvalue weighted by molar-refractivity contribution is -0.122. The Balaban J connectivity index is 1.37. The van der Waals surface area contributed by atoms with Gasteiger partial charge in [-0.1, -0.05) is 66.7 Å². The molecule has 9 nitrogen and oxygen atoms in total. The fraction of sp³-hybridized carbons (Fsp3) is 0.161. The van der Waals surface area contributed by atoms with Crippen molar-refractivity contribution in [1.29, 1.82) is 0 Å². The molecule has 2 unspecified atom stereocenters. The zero-order chi connectivity index (χ0) is 28.4. The highest BCUT2D eigenvalue weighted by Gasteiger charge is 2.45. The average Bonchev–Trinajstić information content (AvgIpc) is 3.47. The molecule has 1 aliphatic rings. The van der Waals surface area contributed by atoms with Gasteiger partial charge in [0.2, 0.25) is 0 Å². The summed E-state index contributed by atoms with van der Waals surface area (Å²) < 4.78 is 5.70. The molecule has 1 aromatic heterocycles. The van der Waals surface area contributed by atoms with E-state index in [1.807, 2.05) is 78.9 Å². The van der Waals surface area contributed by atoms with E-state index in [0.717, 1.165) is 11.1 Å². The molecule has 208 valence electrons. The van der Waals surface area contributed by atoms with Gasteiger partial charge in [-0.3, -0.25) is 19.6 Å². The summed E-state index contributed by atoms with van der Waals surface area (Å²) in [5.74, 6) is 0.0168. The number of ether oxygens (including phenoxy) is 1. The topological polar surface area (TPSA) is 104 Å². The monoisotopic (exact) mass is 567 g/mol. The molecule has 3 aromatic carbocycles. The van der Waals surface area contributed by atoms with Crippen LogP contribution in [0.5, 0.6) is 0 Å². The molecule has 1 aliphatic heterocycles. The maximum absolute atomic E-state index is 14.2. The Kier molecular flexibility index (Phi) is 9.12. The van der Waals surface area contributed by atoms with Crippen LogP contribution in [0.2, 0.25) is 0 Å². The van der Waals surface area contributed by atoms with Crippen molar-refractivity contribution in [3.63, 3.8) is 0 Å². The molecule has 4 aromatic rings. The van der Waals surface area contributed by atoms with Crippen molar-refractivity contribution in [3.05, 3.63) is 127 Å². The standard InChI is InChI=1S/C31H29N5O4S/c37-28(35(26-14-8-3-9-15-26)22-33-30(38)34-25-12-6-2-7-13-25)27-21-41-29(24-16-18-32-19-17-24)36(27)31(39)40-20-23-10-4-1-5-11-23/h1-19,27,29H,20-22H2,(H2,33,34,38). The Labute approximate surface area is 242 Å². The lowest BCUT2D eigenvalue weighted by atomic mass is 10.2. The maximum atomic E-state index is 14.2. The molecule has 2 heterocycles. The van der Waals surface area contributed by atoms with Gasteiger partial charge in [0.15, 0.2) is 0 Å². The second kappa shape index (κ2) is 13.5. The normalized spacial score (nSPS) is 16.0. The highest BCUT2D eigenvalue weighted by Crippen LogP contribution is 2.42. The third kappa shape index (κ3) is 7.03. The summed E-state index contributed by atoms with van der Waals surface area (Å²) in [5.41, 5.74) is 2.90. The fourth-order valence-corrected chi connectivity index (χ4v) is 5.84. The van der Waals surface area contributed by atoms with Gasteiger partial charge in [-0.2, -0.15) is 0 Å². The van der Waals surface area contributed by atoms with Crippen molar-refractivity contribution < 1.29 is 19.1 Å². The van der Waals surface area contributed by atoms with Crippen molar-refractivity contribution in [2.24, 2.45) is 0 Å². The SMILES string of the molecule is O=C(NCN(C(=O)C1CSC(c2ccncc2)N1C(=O)OCc1ccccc1)c1ccccc1)Nc1ccccc1. The smallest absolute Gasteiger partial charge is 0.412 e. The molecule has 4 amide bonds. The number of carbonyl (C=O) groups excluding carboxylic acids is 3. The quantitative estimate of drug-likeness (QED) is 0.267. The van der Waals surface area contributed by atoms with Crippen LogP contribution in [0.4, 0.5) is 21.0 Å². The second-order valence-electron chi connectivity index (χ2n) is 9.19. The van der Waals surface area contributed by atoms with Gasteiger partial charge in [0, 0.05) is 29.5 Å². The Bertz CT molecular complexity index is 1440. The van der Waals surface area contributed by atoms with Crippen molar-refractivity contribution in [2.45, 2.75) is 18.0 Å². The van der Waals surface area contributed by atoms with E-state index in [2.05, 4.69) is 15.6 Å². The van der Waals surface area contributed by atoms with E-state index >= 15 is 0 Å². The number of nitrogens with one attached hydrogen (secondary N) is 2. The van der Waals surface area contributed by atoms with E-state index in [1.54, 1.807) is 36.7 Å². The van der Waals surface area contributed by atoms with Gasteiger partial charge in [0.05, 0.1) is 6.67 Å². The summed E-state index contributed by atoms with van der Waals surface area (Å²) in [6.45, 7) is -0.0239. The van der Waals surface area contributed by atoms with Crippen LogP contribution in [0, 0.1) is 0 Å². The molecule has 1 saturated heterocycles. The third-order valence-corrected chi connectivity index (χ3v) is 7.78. The third-order valence-electron chi connectivity index (χ3n) is 6.46. The molecule has 2 atom stereocenters. The number of anilines is 2. The molecule has 2 N–H and O–H groups in total. The van der Waals surface area contributed by atoms with Crippen LogP contribution in [-0.4, -0.2) is 46.4 Å². The van der Waals surface area contributed by atoms with Gasteiger partial charge >= 0.3 is 12.1 Å². The Hall–Kier alpha value is -4.83. The molecule has 0 aliphatic carbocycles. The van der Waals surface area contributed by atoms with Crippen LogP contribution < -0.4 is 15.5 Å². The number of para-hydroxylation sites is 2. The molecule has 10 heteroatoms. The first-order chi connectivity index (χ1) is 20.1. The number of benzene rings is 3. The Morgan fingerprint density at radius 3 is 2.20 bits per heavy atom. The van der Waals surface area contributed by atoms with Crippen LogP contribution >= 0.6 is 11.8 Å². The number of thioether (sulfide) groups is 1. The number of amides is 4. The number of pyridine rings is 1. The number of rotatable bonds is 8. The summed E-state index contributed by atoms with van der Waals surface area (Å²) in [6, 6.07) is 29.8. The van der Waals surface area contributed by atoms with Crippen LogP contribution in [0.1, 0.15) is 16.5 Å². The molecular formula is C31H29N5O4S. The second-order valence-corrected chi connectivity index (χ2v) is 10.3. The summed E-state index contributed by atoms with van der Waals surface area (Å²) in [5, 5.41) is 5.09. The van der Waals surface area contributed by atoms with E-state index < -0.39 is 23.5 Å². The zero-order valence-corrected chi connectivity index (χ0v) is 22.9. The molecule has 0 spiro atoms. The summed E-state index contributed by atoms with van der Waals surface area (Å²) in [7, 11) is 0. The molecule has 0 bridgehead atoms. The summed E-state index contributed by atoms with van der Waals surface area (Å²) in [4.78, 5) is 47.5. The lowest BCUT2D eigenvalue weighted by Crippen LogP contribution is -2.53. The number of urea groups is 1. The molecule has 1 fully saturated rings. The first-order valence-electron chi connectivity index (χ1n) is 13.1. The summed E-state index contributed by atoms with van der Waals surface area (Å²) >= 11 is 1.48. The largest absolute Gasteiger partial charge is 0.444 e.